The smallest absolute Gasteiger partial charge is 0.322 e. The fourth-order valence-corrected chi connectivity index (χ4v) is 2.22. The van der Waals surface area contributed by atoms with Gasteiger partial charge < -0.3 is 14.8 Å². The van der Waals surface area contributed by atoms with Crippen LogP contribution in [0.4, 0.5) is 10.5 Å². The van der Waals surface area contributed by atoms with E-state index in [1.807, 2.05) is 66.0 Å². The third-order valence-electron chi connectivity index (χ3n) is 3.49. The van der Waals surface area contributed by atoms with Crippen molar-refractivity contribution in [1.29, 1.82) is 0 Å². The molecule has 0 unspecified atom stereocenters. The van der Waals surface area contributed by atoms with Crippen LogP contribution >= 0.6 is 0 Å². The van der Waals surface area contributed by atoms with Gasteiger partial charge in [0.15, 0.2) is 0 Å². The second-order valence-corrected chi connectivity index (χ2v) is 5.33. The first-order valence-corrected chi connectivity index (χ1v) is 7.33. The highest BCUT2D eigenvalue weighted by Crippen LogP contribution is 2.12. The van der Waals surface area contributed by atoms with Crippen molar-refractivity contribution in [2.75, 3.05) is 11.9 Å². The van der Waals surface area contributed by atoms with Gasteiger partial charge in [-0.1, -0.05) is 24.6 Å². The molecule has 0 bridgehead atoms. The van der Waals surface area contributed by atoms with Crippen LogP contribution in [0.25, 0.3) is 0 Å². The van der Waals surface area contributed by atoms with Crippen molar-refractivity contribution in [3.05, 3.63) is 53.9 Å². The number of aromatic nitrogens is 1. The van der Waals surface area contributed by atoms with Crippen molar-refractivity contribution >= 4 is 11.7 Å². The lowest BCUT2D eigenvalue weighted by atomic mass is 10.2. The van der Waals surface area contributed by atoms with E-state index in [9.17, 15) is 4.79 Å². The number of aryl methyl sites for hydroxylation is 2. The van der Waals surface area contributed by atoms with Crippen LogP contribution in [0.1, 0.15) is 24.6 Å². The van der Waals surface area contributed by atoms with E-state index in [-0.39, 0.29) is 6.03 Å². The normalized spacial score (nSPS) is 10.4. The zero-order valence-corrected chi connectivity index (χ0v) is 13.0. The number of hydrogen-bond donors (Lipinski definition) is 1. The van der Waals surface area contributed by atoms with Gasteiger partial charge in [0.25, 0.3) is 0 Å². The molecule has 0 aliphatic heterocycles. The highest BCUT2D eigenvalue weighted by atomic mass is 16.2. The van der Waals surface area contributed by atoms with Crippen LogP contribution in [0.5, 0.6) is 0 Å². The Morgan fingerprint density at radius 1 is 1.24 bits per heavy atom. The summed E-state index contributed by atoms with van der Waals surface area (Å²) in [5.74, 6) is 0. The molecule has 0 fully saturated rings. The summed E-state index contributed by atoms with van der Waals surface area (Å²) in [6, 6.07) is 11.8. The van der Waals surface area contributed by atoms with E-state index in [1.54, 1.807) is 0 Å². The number of urea groups is 1. The van der Waals surface area contributed by atoms with Crippen LogP contribution in [0.3, 0.4) is 0 Å². The molecule has 1 aromatic carbocycles. The molecule has 2 amide bonds. The minimum absolute atomic E-state index is 0.0538. The Hall–Kier alpha value is -2.23. The topological polar surface area (TPSA) is 37.3 Å². The van der Waals surface area contributed by atoms with Gasteiger partial charge in [-0.05, 0) is 37.6 Å². The Bertz CT molecular complexity index is 586. The van der Waals surface area contributed by atoms with Crippen LogP contribution in [0.15, 0.2) is 42.6 Å². The van der Waals surface area contributed by atoms with Gasteiger partial charge in [-0.25, -0.2) is 4.79 Å². The highest BCUT2D eigenvalue weighted by Gasteiger charge is 2.14. The van der Waals surface area contributed by atoms with E-state index < -0.39 is 0 Å². The zero-order chi connectivity index (χ0) is 15.2. The molecular formula is C17H23N3O. The summed E-state index contributed by atoms with van der Waals surface area (Å²) in [6.45, 7) is 5.47. The predicted molar refractivity (Wildman–Crippen MR) is 86.3 cm³/mol. The van der Waals surface area contributed by atoms with Gasteiger partial charge in [0.05, 0.1) is 6.54 Å². The molecule has 21 heavy (non-hydrogen) atoms. The predicted octanol–water partition coefficient (Wildman–Crippen LogP) is 3.78. The second-order valence-electron chi connectivity index (χ2n) is 5.33. The molecule has 0 saturated carbocycles. The fourth-order valence-electron chi connectivity index (χ4n) is 2.22. The summed E-state index contributed by atoms with van der Waals surface area (Å²) in [4.78, 5) is 14.3. The number of carbonyl (C=O) groups is 1. The minimum Gasteiger partial charge on any atom is -0.353 e. The molecule has 1 heterocycles. The van der Waals surface area contributed by atoms with E-state index in [2.05, 4.69) is 12.2 Å². The Balaban J connectivity index is 2.04. The number of carbonyl (C=O) groups excluding carboxylic acids is 1. The molecular weight excluding hydrogens is 262 g/mol. The van der Waals surface area contributed by atoms with E-state index in [0.29, 0.717) is 6.54 Å². The third kappa shape index (κ3) is 4.12. The largest absolute Gasteiger partial charge is 0.353 e. The summed E-state index contributed by atoms with van der Waals surface area (Å²) in [7, 11) is 2.00. The van der Waals surface area contributed by atoms with Crippen molar-refractivity contribution in [3.8, 4) is 0 Å². The van der Waals surface area contributed by atoms with Crippen molar-refractivity contribution in [2.45, 2.75) is 26.8 Å². The van der Waals surface area contributed by atoms with Crippen molar-refractivity contribution in [3.63, 3.8) is 0 Å². The number of benzene rings is 1. The molecule has 4 heteroatoms. The van der Waals surface area contributed by atoms with E-state index in [1.165, 1.54) is 5.56 Å². The summed E-state index contributed by atoms with van der Waals surface area (Å²) in [5, 5.41) is 2.96. The van der Waals surface area contributed by atoms with Crippen LogP contribution < -0.4 is 5.32 Å². The lowest BCUT2D eigenvalue weighted by Crippen LogP contribution is -2.35. The van der Waals surface area contributed by atoms with Gasteiger partial charge in [0.1, 0.15) is 0 Å². The molecule has 0 saturated heterocycles. The Kier molecular flexibility index (Phi) is 5.04. The molecule has 0 aliphatic carbocycles. The van der Waals surface area contributed by atoms with E-state index in [0.717, 1.165) is 24.3 Å². The van der Waals surface area contributed by atoms with Gasteiger partial charge in [0, 0.05) is 31.2 Å². The maximum absolute atomic E-state index is 12.4. The molecule has 2 aromatic rings. The lowest BCUT2D eigenvalue weighted by molar-refractivity contribution is 0.208. The van der Waals surface area contributed by atoms with Gasteiger partial charge in [0.2, 0.25) is 0 Å². The first-order valence-electron chi connectivity index (χ1n) is 7.33. The Labute approximate surface area is 126 Å². The van der Waals surface area contributed by atoms with Gasteiger partial charge in [-0.3, -0.25) is 0 Å². The van der Waals surface area contributed by atoms with Gasteiger partial charge in [-0.15, -0.1) is 0 Å². The number of nitrogens with zero attached hydrogens (tertiary/aromatic N) is 2. The second kappa shape index (κ2) is 6.97. The third-order valence-corrected chi connectivity index (χ3v) is 3.49. The molecule has 2 rings (SSSR count). The maximum Gasteiger partial charge on any atom is 0.322 e. The quantitative estimate of drug-likeness (QED) is 0.892. The monoisotopic (exact) mass is 285 g/mol. The van der Waals surface area contributed by atoms with Crippen molar-refractivity contribution in [2.24, 2.45) is 7.05 Å². The molecule has 112 valence electrons. The van der Waals surface area contributed by atoms with E-state index in [4.69, 9.17) is 0 Å². The summed E-state index contributed by atoms with van der Waals surface area (Å²) < 4.78 is 2.04. The summed E-state index contributed by atoms with van der Waals surface area (Å²) >= 11 is 0. The molecule has 0 spiro atoms. The molecule has 0 atom stereocenters. The van der Waals surface area contributed by atoms with Crippen LogP contribution in [0.2, 0.25) is 0 Å². The number of amides is 2. The SMILES string of the molecule is CCCN(Cc1cccn1C)C(=O)Nc1ccc(C)cc1. The molecule has 0 radical (unpaired) electrons. The van der Waals surface area contributed by atoms with Crippen LogP contribution in [-0.4, -0.2) is 22.0 Å². The maximum atomic E-state index is 12.4. The Morgan fingerprint density at radius 2 is 1.95 bits per heavy atom. The van der Waals surface area contributed by atoms with Gasteiger partial charge >= 0.3 is 6.03 Å². The zero-order valence-electron chi connectivity index (χ0n) is 13.0. The first-order chi connectivity index (χ1) is 10.1. The number of nitrogens with one attached hydrogen (secondary N) is 1. The lowest BCUT2D eigenvalue weighted by Gasteiger charge is -2.23. The van der Waals surface area contributed by atoms with Crippen molar-refractivity contribution in [1.82, 2.24) is 9.47 Å². The summed E-state index contributed by atoms with van der Waals surface area (Å²) in [5.41, 5.74) is 3.14. The number of hydrogen-bond acceptors (Lipinski definition) is 1. The van der Waals surface area contributed by atoms with Crippen LogP contribution in [0, 0.1) is 6.92 Å². The van der Waals surface area contributed by atoms with Crippen LogP contribution in [-0.2, 0) is 13.6 Å². The highest BCUT2D eigenvalue weighted by molar-refractivity contribution is 5.89. The average Bonchev–Trinajstić information content (AvgIpc) is 2.86. The summed E-state index contributed by atoms with van der Waals surface area (Å²) in [6.07, 6.45) is 2.93. The number of anilines is 1. The first kappa shape index (κ1) is 15.2. The molecule has 0 aliphatic rings. The van der Waals surface area contributed by atoms with Gasteiger partial charge in [-0.2, -0.15) is 0 Å². The standard InChI is InChI=1S/C17H23N3O/c1-4-11-20(13-16-6-5-12-19(16)3)17(21)18-15-9-7-14(2)8-10-15/h5-10,12H,4,11,13H2,1-3H3,(H,18,21). The number of rotatable bonds is 5. The Morgan fingerprint density at radius 3 is 2.52 bits per heavy atom. The molecule has 1 N–H and O–H groups in total. The molecule has 1 aromatic heterocycles. The van der Waals surface area contributed by atoms with Crippen molar-refractivity contribution < 1.29 is 4.79 Å². The van der Waals surface area contributed by atoms with E-state index >= 15 is 0 Å². The molecule has 4 nitrogen and oxygen atoms in total. The minimum atomic E-state index is -0.0538. The fraction of sp³-hybridized carbons (Fsp3) is 0.353. The average molecular weight is 285 g/mol.